The van der Waals surface area contributed by atoms with Crippen LogP contribution in [0.2, 0.25) is 0 Å². The first-order chi connectivity index (χ1) is 6.93. The number of allylic oxidation sites excluding steroid dienone is 1. The third-order valence-corrected chi connectivity index (χ3v) is 2.58. The molecule has 1 aromatic rings. The second-order valence-electron chi connectivity index (χ2n) is 3.52. The van der Waals surface area contributed by atoms with Crippen molar-refractivity contribution in [3.63, 3.8) is 0 Å². The Morgan fingerprint density at radius 3 is 3.14 bits per heavy atom. The molecule has 14 heavy (non-hydrogen) atoms. The van der Waals surface area contributed by atoms with Crippen LogP contribution >= 0.6 is 0 Å². The lowest BCUT2D eigenvalue weighted by atomic mass is 10.2. The Morgan fingerprint density at radius 2 is 2.14 bits per heavy atom. The molecule has 2 N–H and O–H groups in total. The van der Waals surface area contributed by atoms with Gasteiger partial charge in [0.25, 0.3) is 0 Å². The van der Waals surface area contributed by atoms with Gasteiger partial charge >= 0.3 is 0 Å². The number of fused-ring (bicyclic) bond motifs is 1. The molecule has 3 rings (SSSR count). The van der Waals surface area contributed by atoms with Crippen LogP contribution in [-0.4, -0.2) is 13.1 Å². The predicted molar refractivity (Wildman–Crippen MR) is 54.7 cm³/mol. The number of hydrogen-bond acceptors (Lipinski definition) is 3. The monoisotopic (exact) mass is 185 g/mol. The Bertz CT molecular complexity index is 514. The minimum absolute atomic E-state index is 0.794. The number of nitrogens with zero attached hydrogens (tertiary/aromatic N) is 1. The Balaban J connectivity index is 2.26. The summed E-state index contributed by atoms with van der Waals surface area (Å²) in [5.41, 5.74) is 8.77. The molecule has 2 heterocycles. The maximum absolute atomic E-state index is 4.56. The maximum atomic E-state index is 4.56. The van der Waals surface area contributed by atoms with Crippen LogP contribution < -0.4 is 21.4 Å². The molecule has 0 bridgehead atoms. The average Bonchev–Trinajstić information content (AvgIpc) is 2.58. The fraction of sp³-hybridized carbons (Fsp3) is 0.182. The highest BCUT2D eigenvalue weighted by molar-refractivity contribution is 5.50. The van der Waals surface area contributed by atoms with Gasteiger partial charge in [-0.25, -0.2) is 5.43 Å². The smallest absolute Gasteiger partial charge is 0.0651 e. The molecular weight excluding hydrogens is 174 g/mol. The third kappa shape index (κ3) is 1.14. The molecule has 2 aliphatic rings. The van der Waals surface area contributed by atoms with Crippen molar-refractivity contribution in [2.75, 3.05) is 13.1 Å². The number of hydrazine groups is 1. The number of rotatable bonds is 0. The van der Waals surface area contributed by atoms with E-state index in [4.69, 9.17) is 0 Å². The summed E-state index contributed by atoms with van der Waals surface area (Å²) in [5.74, 6) is 0. The molecule has 0 aromatic heterocycles. The number of benzene rings is 1. The summed E-state index contributed by atoms with van der Waals surface area (Å²) in [7, 11) is 0. The van der Waals surface area contributed by atoms with Gasteiger partial charge in [0, 0.05) is 11.8 Å². The van der Waals surface area contributed by atoms with Crippen molar-refractivity contribution in [3.05, 3.63) is 46.1 Å². The van der Waals surface area contributed by atoms with Crippen molar-refractivity contribution < 1.29 is 0 Å². The molecule has 0 fully saturated rings. The Hall–Kier alpha value is -1.61. The molecule has 0 radical (unpaired) electrons. The van der Waals surface area contributed by atoms with Crippen LogP contribution in [0.5, 0.6) is 0 Å². The quantitative estimate of drug-likeness (QED) is 0.569. The van der Waals surface area contributed by atoms with Crippen molar-refractivity contribution in [3.8, 4) is 0 Å². The zero-order valence-corrected chi connectivity index (χ0v) is 7.75. The summed E-state index contributed by atoms with van der Waals surface area (Å²) in [4.78, 5) is 4.56. The van der Waals surface area contributed by atoms with Gasteiger partial charge in [-0.1, -0.05) is 18.2 Å². The zero-order valence-electron chi connectivity index (χ0n) is 7.75. The van der Waals surface area contributed by atoms with Gasteiger partial charge in [-0.3, -0.25) is 4.99 Å². The van der Waals surface area contributed by atoms with E-state index in [0.717, 1.165) is 18.4 Å². The van der Waals surface area contributed by atoms with Crippen molar-refractivity contribution >= 4 is 6.08 Å². The number of para-hydroxylation sites is 1. The van der Waals surface area contributed by atoms with E-state index < -0.39 is 0 Å². The molecule has 2 aliphatic heterocycles. The Labute approximate surface area is 81.8 Å². The molecule has 1 aromatic carbocycles. The predicted octanol–water partition coefficient (Wildman–Crippen LogP) is -0.538. The highest BCUT2D eigenvalue weighted by atomic mass is 15.4. The lowest BCUT2D eigenvalue weighted by molar-refractivity contribution is 0.707. The molecule has 0 aliphatic carbocycles. The minimum atomic E-state index is 0.794. The third-order valence-electron chi connectivity index (χ3n) is 2.58. The van der Waals surface area contributed by atoms with Crippen LogP contribution in [-0.2, 0) is 0 Å². The van der Waals surface area contributed by atoms with Gasteiger partial charge < -0.3 is 5.43 Å². The maximum Gasteiger partial charge on any atom is 0.0651 e. The highest BCUT2D eigenvalue weighted by Gasteiger charge is 2.12. The van der Waals surface area contributed by atoms with E-state index in [-0.39, 0.29) is 0 Å². The SMILES string of the molecule is C1=c2ccccc2=NCC2=C1NNC2. The van der Waals surface area contributed by atoms with Crippen LogP contribution in [0, 0.1) is 0 Å². The summed E-state index contributed by atoms with van der Waals surface area (Å²) in [5, 5.41) is 2.28. The first-order valence-corrected chi connectivity index (χ1v) is 4.76. The van der Waals surface area contributed by atoms with Gasteiger partial charge in [0.15, 0.2) is 0 Å². The topological polar surface area (TPSA) is 36.4 Å². The van der Waals surface area contributed by atoms with E-state index in [0.29, 0.717) is 0 Å². The molecule has 70 valence electrons. The molecule has 0 saturated carbocycles. The lowest BCUT2D eigenvalue weighted by Gasteiger charge is -1.95. The van der Waals surface area contributed by atoms with E-state index in [1.165, 1.54) is 16.5 Å². The molecule has 3 nitrogen and oxygen atoms in total. The Kier molecular flexibility index (Phi) is 1.64. The van der Waals surface area contributed by atoms with E-state index >= 15 is 0 Å². The van der Waals surface area contributed by atoms with Crippen LogP contribution in [0.25, 0.3) is 6.08 Å². The molecular formula is C11H11N3. The Morgan fingerprint density at radius 1 is 1.21 bits per heavy atom. The summed E-state index contributed by atoms with van der Waals surface area (Å²) in [6, 6.07) is 8.22. The van der Waals surface area contributed by atoms with E-state index in [1.807, 2.05) is 12.1 Å². The number of nitrogens with one attached hydrogen (secondary N) is 2. The summed E-state index contributed by atoms with van der Waals surface area (Å²) >= 11 is 0. The van der Waals surface area contributed by atoms with Gasteiger partial charge in [-0.15, -0.1) is 0 Å². The molecule has 0 saturated heterocycles. The van der Waals surface area contributed by atoms with Crippen molar-refractivity contribution in [2.45, 2.75) is 0 Å². The van der Waals surface area contributed by atoms with Gasteiger partial charge in [0.1, 0.15) is 0 Å². The molecule has 0 unspecified atom stereocenters. The van der Waals surface area contributed by atoms with E-state index in [1.54, 1.807) is 0 Å². The summed E-state index contributed by atoms with van der Waals surface area (Å²) in [6.45, 7) is 1.69. The van der Waals surface area contributed by atoms with Crippen LogP contribution in [0.3, 0.4) is 0 Å². The normalized spacial score (nSPS) is 18.6. The second-order valence-corrected chi connectivity index (χ2v) is 3.52. The van der Waals surface area contributed by atoms with Crippen molar-refractivity contribution in [1.29, 1.82) is 0 Å². The first-order valence-electron chi connectivity index (χ1n) is 4.76. The average molecular weight is 185 g/mol. The van der Waals surface area contributed by atoms with Gasteiger partial charge in [-0.2, -0.15) is 0 Å². The minimum Gasteiger partial charge on any atom is -0.321 e. The van der Waals surface area contributed by atoms with Crippen molar-refractivity contribution in [2.24, 2.45) is 4.99 Å². The van der Waals surface area contributed by atoms with Gasteiger partial charge in [0.2, 0.25) is 0 Å². The van der Waals surface area contributed by atoms with Crippen molar-refractivity contribution in [1.82, 2.24) is 10.9 Å². The van der Waals surface area contributed by atoms with Gasteiger partial charge in [-0.05, 0) is 17.7 Å². The summed E-state index contributed by atoms with van der Waals surface area (Å²) in [6.07, 6.45) is 2.15. The van der Waals surface area contributed by atoms with E-state index in [9.17, 15) is 0 Å². The standard InChI is InChI=1S/C11H11N3/c1-2-4-10-8(3-1)5-11-9(6-12-10)7-13-14-11/h1-5,13-14H,6-7H2. The molecule has 0 spiro atoms. The van der Waals surface area contributed by atoms with E-state index in [2.05, 4.69) is 34.1 Å². The second kappa shape index (κ2) is 2.96. The fourth-order valence-corrected chi connectivity index (χ4v) is 1.80. The zero-order chi connectivity index (χ0) is 9.38. The number of hydrogen-bond donors (Lipinski definition) is 2. The van der Waals surface area contributed by atoms with Crippen LogP contribution in [0.4, 0.5) is 0 Å². The van der Waals surface area contributed by atoms with Crippen LogP contribution in [0.1, 0.15) is 0 Å². The molecule has 0 amide bonds. The molecule has 0 atom stereocenters. The summed E-state index contributed by atoms with van der Waals surface area (Å²) < 4.78 is 0. The highest BCUT2D eigenvalue weighted by Crippen LogP contribution is 2.07. The molecule has 3 heteroatoms. The fourth-order valence-electron chi connectivity index (χ4n) is 1.80. The van der Waals surface area contributed by atoms with Gasteiger partial charge in [0.05, 0.1) is 17.6 Å². The lowest BCUT2D eigenvalue weighted by Crippen LogP contribution is -2.28. The first kappa shape index (κ1) is 7.76. The van der Waals surface area contributed by atoms with Crippen LogP contribution in [0.15, 0.2) is 40.5 Å². The largest absolute Gasteiger partial charge is 0.321 e.